The summed E-state index contributed by atoms with van der Waals surface area (Å²) in [6, 6.07) is 11.6. The lowest BCUT2D eigenvalue weighted by molar-refractivity contribution is 0.601. The van der Waals surface area contributed by atoms with Crippen molar-refractivity contribution in [1.82, 2.24) is 0 Å². The van der Waals surface area contributed by atoms with Crippen LogP contribution in [0.3, 0.4) is 0 Å². The van der Waals surface area contributed by atoms with Crippen molar-refractivity contribution in [1.29, 1.82) is 0 Å². The van der Waals surface area contributed by atoms with Crippen molar-refractivity contribution >= 4 is 43.2 Å². The topological polar surface area (TPSA) is 46.2 Å². The minimum atomic E-state index is -3.62. The van der Waals surface area contributed by atoms with Gasteiger partial charge < -0.3 is 0 Å². The van der Waals surface area contributed by atoms with Crippen LogP contribution in [0.5, 0.6) is 0 Å². The summed E-state index contributed by atoms with van der Waals surface area (Å²) in [6.07, 6.45) is 0. The van der Waals surface area contributed by atoms with Gasteiger partial charge in [-0.25, -0.2) is 8.42 Å². The number of rotatable bonds is 3. The first-order valence-corrected chi connectivity index (χ1v) is 8.08. The van der Waals surface area contributed by atoms with Gasteiger partial charge in [-0.3, -0.25) is 4.72 Å². The third-order valence-corrected chi connectivity index (χ3v) is 4.81. The van der Waals surface area contributed by atoms with Gasteiger partial charge in [0, 0.05) is 15.2 Å². The summed E-state index contributed by atoms with van der Waals surface area (Å²) in [6.45, 7) is 1.82. The lowest BCUT2D eigenvalue weighted by Gasteiger charge is -2.09. The maximum Gasteiger partial charge on any atom is 0.261 e. The van der Waals surface area contributed by atoms with E-state index in [1.807, 2.05) is 13.0 Å². The first-order chi connectivity index (χ1) is 8.88. The van der Waals surface area contributed by atoms with E-state index < -0.39 is 10.0 Å². The van der Waals surface area contributed by atoms with E-state index in [9.17, 15) is 8.42 Å². The summed E-state index contributed by atoms with van der Waals surface area (Å²) in [5.74, 6) is 0. The molecule has 0 aliphatic carbocycles. The Hall–Kier alpha value is -1.04. The molecule has 0 spiro atoms. The van der Waals surface area contributed by atoms with E-state index in [4.69, 9.17) is 11.6 Å². The normalized spacial score (nSPS) is 11.3. The molecule has 0 heterocycles. The summed E-state index contributed by atoms with van der Waals surface area (Å²) < 4.78 is 27.7. The van der Waals surface area contributed by atoms with E-state index >= 15 is 0 Å². The van der Waals surface area contributed by atoms with Crippen LogP contribution in [0.15, 0.2) is 51.8 Å². The van der Waals surface area contributed by atoms with Crippen molar-refractivity contribution in [2.24, 2.45) is 0 Å². The first-order valence-electron chi connectivity index (χ1n) is 5.43. The zero-order chi connectivity index (χ0) is 14.0. The summed E-state index contributed by atoms with van der Waals surface area (Å²) >= 11 is 9.24. The molecule has 0 aromatic heterocycles. The Morgan fingerprint density at radius 1 is 1.16 bits per heavy atom. The van der Waals surface area contributed by atoms with Crippen LogP contribution in [0.4, 0.5) is 5.69 Å². The Balaban J connectivity index is 2.35. The van der Waals surface area contributed by atoms with E-state index in [1.54, 1.807) is 24.3 Å². The molecule has 0 bridgehead atoms. The molecular formula is C13H11BrClNO2S. The van der Waals surface area contributed by atoms with Gasteiger partial charge in [-0.05, 0) is 42.8 Å². The Bertz CT molecular complexity index is 716. The first kappa shape index (κ1) is 14.4. The number of hydrogen-bond acceptors (Lipinski definition) is 2. The Labute approximate surface area is 125 Å². The molecule has 0 saturated heterocycles. The zero-order valence-electron chi connectivity index (χ0n) is 10.0. The summed E-state index contributed by atoms with van der Waals surface area (Å²) in [4.78, 5) is 0.142. The highest BCUT2D eigenvalue weighted by Gasteiger charge is 2.15. The predicted molar refractivity (Wildman–Crippen MR) is 81.1 cm³/mol. The molecule has 3 nitrogen and oxygen atoms in total. The predicted octanol–water partition coefficient (Wildman–Crippen LogP) is 4.21. The minimum Gasteiger partial charge on any atom is -0.280 e. The number of nitrogens with one attached hydrogen (secondary N) is 1. The average Bonchev–Trinajstić information content (AvgIpc) is 2.32. The lowest BCUT2D eigenvalue weighted by atomic mass is 10.2. The second-order valence-corrected chi connectivity index (χ2v) is 7.03. The van der Waals surface area contributed by atoms with Gasteiger partial charge >= 0.3 is 0 Å². The van der Waals surface area contributed by atoms with Crippen molar-refractivity contribution in [3.8, 4) is 0 Å². The molecule has 0 fully saturated rings. The van der Waals surface area contributed by atoms with Crippen molar-refractivity contribution < 1.29 is 8.42 Å². The van der Waals surface area contributed by atoms with Gasteiger partial charge in [-0.15, -0.1) is 0 Å². The maximum absolute atomic E-state index is 12.2. The zero-order valence-corrected chi connectivity index (χ0v) is 13.2. The van der Waals surface area contributed by atoms with Gasteiger partial charge in [0.15, 0.2) is 0 Å². The maximum atomic E-state index is 12.2. The number of hydrogen-bond donors (Lipinski definition) is 1. The van der Waals surface area contributed by atoms with E-state index in [0.717, 1.165) is 10.0 Å². The molecule has 0 atom stereocenters. The van der Waals surface area contributed by atoms with Crippen LogP contribution in [0.2, 0.25) is 5.02 Å². The fourth-order valence-corrected chi connectivity index (χ4v) is 3.23. The van der Waals surface area contributed by atoms with Crippen LogP contribution >= 0.6 is 27.5 Å². The van der Waals surface area contributed by atoms with Crippen LogP contribution in [0.25, 0.3) is 0 Å². The number of sulfonamides is 1. The van der Waals surface area contributed by atoms with Crippen LogP contribution < -0.4 is 4.72 Å². The monoisotopic (exact) mass is 359 g/mol. The standard InChI is InChI=1S/C13H11BrClNO2S/c1-9-5-6-12(8-13(9)15)19(17,18)16-11-4-2-3-10(14)7-11/h2-8,16H,1H3. The van der Waals surface area contributed by atoms with Crippen LogP contribution in [0, 0.1) is 6.92 Å². The minimum absolute atomic E-state index is 0.142. The van der Waals surface area contributed by atoms with Gasteiger partial charge in [0.05, 0.1) is 4.90 Å². The summed E-state index contributed by atoms with van der Waals surface area (Å²) in [5, 5.41) is 0.428. The second kappa shape index (κ2) is 5.53. The highest BCUT2D eigenvalue weighted by Crippen LogP contribution is 2.23. The Morgan fingerprint density at radius 2 is 1.89 bits per heavy atom. The smallest absolute Gasteiger partial charge is 0.261 e. The number of aryl methyl sites for hydroxylation is 1. The van der Waals surface area contributed by atoms with E-state index in [2.05, 4.69) is 20.7 Å². The van der Waals surface area contributed by atoms with E-state index in [-0.39, 0.29) is 4.90 Å². The average molecular weight is 361 g/mol. The highest BCUT2D eigenvalue weighted by atomic mass is 79.9. The summed E-state index contributed by atoms with van der Waals surface area (Å²) in [5.41, 5.74) is 1.33. The fraction of sp³-hybridized carbons (Fsp3) is 0.0769. The third kappa shape index (κ3) is 3.49. The van der Waals surface area contributed by atoms with Crippen LogP contribution in [-0.2, 0) is 10.0 Å². The number of anilines is 1. The van der Waals surface area contributed by atoms with E-state index in [0.29, 0.717) is 10.7 Å². The third-order valence-electron chi connectivity index (χ3n) is 2.53. The van der Waals surface area contributed by atoms with Crippen molar-refractivity contribution in [2.45, 2.75) is 11.8 Å². The molecule has 6 heteroatoms. The van der Waals surface area contributed by atoms with Crippen molar-refractivity contribution in [3.63, 3.8) is 0 Å². The molecule has 19 heavy (non-hydrogen) atoms. The Morgan fingerprint density at radius 3 is 2.53 bits per heavy atom. The number of halogens is 2. The van der Waals surface area contributed by atoms with E-state index in [1.165, 1.54) is 12.1 Å². The molecule has 2 aromatic rings. The van der Waals surface area contributed by atoms with Crippen LogP contribution in [0.1, 0.15) is 5.56 Å². The molecule has 0 aliphatic heterocycles. The molecule has 1 N–H and O–H groups in total. The highest BCUT2D eigenvalue weighted by molar-refractivity contribution is 9.10. The van der Waals surface area contributed by atoms with Gasteiger partial charge in [0.25, 0.3) is 10.0 Å². The molecule has 100 valence electrons. The lowest BCUT2D eigenvalue weighted by Crippen LogP contribution is -2.12. The molecule has 0 aliphatic rings. The molecular weight excluding hydrogens is 350 g/mol. The van der Waals surface area contributed by atoms with Gasteiger partial charge in [0.2, 0.25) is 0 Å². The van der Waals surface area contributed by atoms with Gasteiger partial charge in [-0.2, -0.15) is 0 Å². The second-order valence-electron chi connectivity index (χ2n) is 4.03. The number of benzene rings is 2. The molecule has 0 amide bonds. The van der Waals surface area contributed by atoms with Crippen molar-refractivity contribution in [3.05, 3.63) is 57.5 Å². The molecule has 2 rings (SSSR count). The SMILES string of the molecule is Cc1ccc(S(=O)(=O)Nc2cccc(Br)c2)cc1Cl. The van der Waals surface area contributed by atoms with Gasteiger partial charge in [-0.1, -0.05) is 39.7 Å². The van der Waals surface area contributed by atoms with Crippen molar-refractivity contribution in [2.75, 3.05) is 4.72 Å². The molecule has 0 saturated carbocycles. The summed E-state index contributed by atoms with van der Waals surface area (Å²) in [7, 11) is -3.62. The Kier molecular flexibility index (Phi) is 4.18. The van der Waals surface area contributed by atoms with Gasteiger partial charge in [0.1, 0.15) is 0 Å². The fourth-order valence-electron chi connectivity index (χ4n) is 1.51. The molecule has 0 unspecified atom stereocenters. The molecule has 0 radical (unpaired) electrons. The quantitative estimate of drug-likeness (QED) is 0.891. The molecule has 2 aromatic carbocycles. The largest absolute Gasteiger partial charge is 0.280 e. The van der Waals surface area contributed by atoms with Crippen LogP contribution in [-0.4, -0.2) is 8.42 Å².